The zero-order chi connectivity index (χ0) is 13.3. The summed E-state index contributed by atoms with van der Waals surface area (Å²) in [5.74, 6) is -0.477. The highest BCUT2D eigenvalue weighted by Crippen LogP contribution is 2.20. The SMILES string of the molecule is CC1(C)C(=O)NC(=O)N1CC(=O)N1CCNCC1.Cl. The number of hydrogen-bond acceptors (Lipinski definition) is 4. The molecule has 2 rings (SSSR count). The highest BCUT2D eigenvalue weighted by Gasteiger charge is 2.46. The number of halogens is 1. The van der Waals surface area contributed by atoms with Crippen LogP contribution >= 0.6 is 12.4 Å². The van der Waals surface area contributed by atoms with Crippen LogP contribution in [0.4, 0.5) is 4.79 Å². The van der Waals surface area contributed by atoms with E-state index >= 15 is 0 Å². The molecule has 0 unspecified atom stereocenters. The van der Waals surface area contributed by atoms with Crippen molar-refractivity contribution >= 4 is 30.3 Å². The summed E-state index contributed by atoms with van der Waals surface area (Å²) < 4.78 is 0. The molecule has 0 bridgehead atoms. The molecule has 2 heterocycles. The smallest absolute Gasteiger partial charge is 0.325 e. The second-order valence-corrected chi connectivity index (χ2v) is 5.04. The fourth-order valence-electron chi connectivity index (χ4n) is 2.11. The third-order valence-corrected chi connectivity index (χ3v) is 3.46. The molecule has 19 heavy (non-hydrogen) atoms. The van der Waals surface area contributed by atoms with Crippen LogP contribution in [0, 0.1) is 0 Å². The van der Waals surface area contributed by atoms with Gasteiger partial charge in [0.2, 0.25) is 5.91 Å². The molecule has 0 spiro atoms. The number of carbonyl (C=O) groups excluding carboxylic acids is 3. The molecule has 0 aliphatic carbocycles. The fraction of sp³-hybridized carbons (Fsp3) is 0.727. The highest BCUT2D eigenvalue weighted by atomic mass is 35.5. The quantitative estimate of drug-likeness (QED) is 0.651. The Bertz CT molecular complexity index is 393. The Hall–Kier alpha value is -1.34. The van der Waals surface area contributed by atoms with Gasteiger partial charge in [-0.25, -0.2) is 4.79 Å². The van der Waals surface area contributed by atoms with Gasteiger partial charge in [-0.1, -0.05) is 0 Å². The lowest BCUT2D eigenvalue weighted by molar-refractivity contribution is -0.134. The van der Waals surface area contributed by atoms with Gasteiger partial charge >= 0.3 is 6.03 Å². The molecular weight excluding hydrogens is 272 g/mol. The molecule has 7 nitrogen and oxygen atoms in total. The van der Waals surface area contributed by atoms with Crippen molar-refractivity contribution in [3.8, 4) is 0 Å². The van der Waals surface area contributed by atoms with Gasteiger partial charge in [-0.05, 0) is 13.8 Å². The predicted molar refractivity (Wildman–Crippen MR) is 71.0 cm³/mol. The van der Waals surface area contributed by atoms with Crippen LogP contribution in [0.15, 0.2) is 0 Å². The van der Waals surface area contributed by atoms with Gasteiger partial charge in [0.05, 0.1) is 0 Å². The summed E-state index contributed by atoms with van der Waals surface area (Å²) >= 11 is 0. The standard InChI is InChI=1S/C11H18N4O3.ClH/c1-11(2)9(17)13-10(18)15(11)7-8(16)14-5-3-12-4-6-14;/h12H,3-7H2,1-2H3,(H,13,17,18);1H. The van der Waals surface area contributed by atoms with Crippen LogP contribution in [0.25, 0.3) is 0 Å². The fourth-order valence-corrected chi connectivity index (χ4v) is 2.11. The van der Waals surface area contributed by atoms with Gasteiger partial charge in [-0.15, -0.1) is 12.4 Å². The Morgan fingerprint density at radius 2 is 1.84 bits per heavy atom. The lowest BCUT2D eigenvalue weighted by atomic mass is 10.0. The normalized spacial score (nSPS) is 22.0. The van der Waals surface area contributed by atoms with E-state index in [1.807, 2.05) is 0 Å². The van der Waals surface area contributed by atoms with Gasteiger partial charge in [0.1, 0.15) is 12.1 Å². The molecule has 0 atom stereocenters. The van der Waals surface area contributed by atoms with Crippen LogP contribution in [0.3, 0.4) is 0 Å². The number of hydrogen-bond donors (Lipinski definition) is 2. The third kappa shape index (κ3) is 2.98. The lowest BCUT2D eigenvalue weighted by Gasteiger charge is -2.32. The first kappa shape index (κ1) is 15.7. The maximum Gasteiger partial charge on any atom is 0.325 e. The van der Waals surface area contributed by atoms with Crippen molar-refractivity contribution in [2.45, 2.75) is 19.4 Å². The second-order valence-electron chi connectivity index (χ2n) is 5.04. The summed E-state index contributed by atoms with van der Waals surface area (Å²) in [7, 11) is 0. The van der Waals surface area contributed by atoms with Crippen LogP contribution in [0.5, 0.6) is 0 Å². The number of piperazine rings is 1. The molecular formula is C11H19ClN4O3. The first-order valence-corrected chi connectivity index (χ1v) is 6.04. The molecule has 0 aromatic carbocycles. The summed E-state index contributed by atoms with van der Waals surface area (Å²) in [5.41, 5.74) is -0.958. The predicted octanol–water partition coefficient (Wildman–Crippen LogP) is -0.830. The zero-order valence-corrected chi connectivity index (χ0v) is 11.9. The van der Waals surface area contributed by atoms with Gasteiger partial charge in [-0.3, -0.25) is 14.9 Å². The van der Waals surface area contributed by atoms with E-state index in [1.165, 1.54) is 4.90 Å². The average Bonchev–Trinajstić information content (AvgIpc) is 2.53. The topological polar surface area (TPSA) is 81.8 Å². The molecule has 108 valence electrons. The molecule has 0 radical (unpaired) electrons. The Morgan fingerprint density at radius 3 is 2.32 bits per heavy atom. The Balaban J connectivity index is 0.00000180. The summed E-state index contributed by atoms with van der Waals surface area (Å²) in [6.07, 6.45) is 0. The number of nitrogens with zero attached hydrogens (tertiary/aromatic N) is 2. The number of amides is 4. The number of nitrogens with one attached hydrogen (secondary N) is 2. The molecule has 0 saturated carbocycles. The van der Waals surface area contributed by atoms with Crippen molar-refractivity contribution in [1.29, 1.82) is 0 Å². The molecule has 2 saturated heterocycles. The Kier molecular flexibility index (Phi) is 4.75. The molecule has 2 fully saturated rings. The second kappa shape index (κ2) is 5.75. The molecule has 8 heteroatoms. The van der Waals surface area contributed by atoms with E-state index in [4.69, 9.17) is 0 Å². The van der Waals surface area contributed by atoms with E-state index in [0.29, 0.717) is 13.1 Å². The van der Waals surface area contributed by atoms with E-state index in [0.717, 1.165) is 13.1 Å². The van der Waals surface area contributed by atoms with Gasteiger partial charge in [-0.2, -0.15) is 0 Å². The van der Waals surface area contributed by atoms with Crippen LogP contribution in [0.2, 0.25) is 0 Å². The summed E-state index contributed by atoms with van der Waals surface area (Å²) in [6.45, 7) is 6.03. The molecule has 0 aromatic rings. The molecule has 4 amide bonds. The van der Waals surface area contributed by atoms with Crippen molar-refractivity contribution in [3.63, 3.8) is 0 Å². The molecule has 0 aromatic heterocycles. The van der Waals surface area contributed by atoms with Crippen LogP contribution < -0.4 is 10.6 Å². The van der Waals surface area contributed by atoms with Crippen molar-refractivity contribution in [1.82, 2.24) is 20.4 Å². The van der Waals surface area contributed by atoms with E-state index in [1.54, 1.807) is 18.7 Å². The molecule has 2 N–H and O–H groups in total. The largest absolute Gasteiger partial charge is 0.339 e. The zero-order valence-electron chi connectivity index (χ0n) is 11.1. The minimum atomic E-state index is -0.958. The van der Waals surface area contributed by atoms with Gasteiger partial charge < -0.3 is 15.1 Å². The summed E-state index contributed by atoms with van der Waals surface area (Å²) in [6, 6.07) is -0.492. The average molecular weight is 291 g/mol. The maximum absolute atomic E-state index is 12.1. The van der Waals surface area contributed by atoms with E-state index < -0.39 is 11.6 Å². The van der Waals surface area contributed by atoms with E-state index in [2.05, 4.69) is 10.6 Å². The molecule has 2 aliphatic heterocycles. The number of imide groups is 1. The summed E-state index contributed by atoms with van der Waals surface area (Å²) in [4.78, 5) is 38.3. The van der Waals surface area contributed by atoms with Crippen molar-refractivity contribution in [2.24, 2.45) is 0 Å². The maximum atomic E-state index is 12.1. The van der Waals surface area contributed by atoms with Crippen LogP contribution in [-0.4, -0.2) is 65.9 Å². The first-order valence-electron chi connectivity index (χ1n) is 6.04. The first-order chi connectivity index (χ1) is 8.43. The van der Waals surface area contributed by atoms with Crippen LogP contribution in [0.1, 0.15) is 13.8 Å². The number of rotatable bonds is 2. The monoisotopic (exact) mass is 290 g/mol. The lowest BCUT2D eigenvalue weighted by Crippen LogP contribution is -2.53. The van der Waals surface area contributed by atoms with E-state index in [-0.39, 0.29) is 30.8 Å². The van der Waals surface area contributed by atoms with Crippen molar-refractivity contribution in [3.05, 3.63) is 0 Å². The van der Waals surface area contributed by atoms with Crippen molar-refractivity contribution in [2.75, 3.05) is 32.7 Å². The number of carbonyl (C=O) groups is 3. The van der Waals surface area contributed by atoms with Crippen LogP contribution in [-0.2, 0) is 9.59 Å². The Morgan fingerprint density at radius 1 is 1.26 bits per heavy atom. The minimum Gasteiger partial charge on any atom is -0.339 e. The van der Waals surface area contributed by atoms with Crippen molar-refractivity contribution < 1.29 is 14.4 Å². The summed E-state index contributed by atoms with van der Waals surface area (Å²) in [5, 5.41) is 5.38. The number of urea groups is 1. The van der Waals surface area contributed by atoms with E-state index in [9.17, 15) is 14.4 Å². The Labute approximate surface area is 118 Å². The minimum absolute atomic E-state index is 0. The van der Waals surface area contributed by atoms with Gasteiger partial charge in [0.25, 0.3) is 5.91 Å². The highest BCUT2D eigenvalue weighted by molar-refractivity contribution is 6.07. The third-order valence-electron chi connectivity index (χ3n) is 3.46. The van der Waals surface area contributed by atoms with Gasteiger partial charge in [0, 0.05) is 26.2 Å². The molecule has 2 aliphatic rings. The van der Waals surface area contributed by atoms with Gasteiger partial charge in [0.15, 0.2) is 0 Å².